The number of rotatable bonds is 7. The number of anilines is 2. The van der Waals surface area contributed by atoms with Crippen LogP contribution in [0.1, 0.15) is 27.2 Å². The van der Waals surface area contributed by atoms with Crippen molar-refractivity contribution in [2.75, 3.05) is 11.1 Å². The number of aliphatic imine (C=N–C) groups is 1. The normalized spacial score (nSPS) is 11.0. The first kappa shape index (κ1) is 20.2. The van der Waals surface area contributed by atoms with E-state index in [1.165, 1.54) is 18.4 Å². The Balaban J connectivity index is 1.85. The lowest BCUT2D eigenvalue weighted by atomic mass is 9.98. The number of nitrogen functional groups attached to an aromatic ring is 1. The molecule has 9 nitrogen and oxygen atoms in total. The van der Waals surface area contributed by atoms with Crippen LogP contribution in [0.4, 0.5) is 11.4 Å². The SMILES string of the molecule is N=CN=C(N)c1ccc(N)c(C(=N)c2cccc(NC(=O)C(=O)c3ccco3)c2)c1. The molecule has 0 atom stereocenters. The third-order valence-corrected chi connectivity index (χ3v) is 4.18. The number of Topliss-reactive ketones (excluding diaryl/α,β-unsaturated/α-hetero) is 1. The van der Waals surface area contributed by atoms with Gasteiger partial charge in [-0.3, -0.25) is 20.4 Å². The van der Waals surface area contributed by atoms with Crippen molar-refractivity contribution in [2.45, 2.75) is 0 Å². The zero-order valence-electron chi connectivity index (χ0n) is 15.7. The van der Waals surface area contributed by atoms with Gasteiger partial charge in [-0.25, -0.2) is 4.99 Å². The quantitative estimate of drug-likeness (QED) is 0.134. The van der Waals surface area contributed by atoms with Crippen LogP contribution in [-0.2, 0) is 4.79 Å². The van der Waals surface area contributed by atoms with E-state index in [2.05, 4.69) is 10.3 Å². The highest BCUT2D eigenvalue weighted by atomic mass is 16.3. The molecule has 7 N–H and O–H groups in total. The average molecular weight is 402 g/mol. The van der Waals surface area contributed by atoms with Gasteiger partial charge in [-0.05, 0) is 42.5 Å². The Kier molecular flexibility index (Phi) is 5.83. The molecule has 9 heteroatoms. The third kappa shape index (κ3) is 4.30. The minimum absolute atomic E-state index is 0.0647. The van der Waals surface area contributed by atoms with Crippen LogP contribution < -0.4 is 16.8 Å². The molecule has 0 unspecified atom stereocenters. The van der Waals surface area contributed by atoms with E-state index in [0.717, 1.165) is 6.34 Å². The first-order valence-electron chi connectivity index (χ1n) is 8.71. The van der Waals surface area contributed by atoms with E-state index >= 15 is 0 Å². The van der Waals surface area contributed by atoms with E-state index in [1.807, 2.05) is 0 Å². The number of carbonyl (C=O) groups excluding carboxylic acids is 2. The number of amidine groups is 1. The fraction of sp³-hybridized carbons (Fsp3) is 0. The van der Waals surface area contributed by atoms with Crippen molar-refractivity contribution < 1.29 is 14.0 Å². The third-order valence-electron chi connectivity index (χ3n) is 4.18. The molecule has 3 rings (SSSR count). The Bertz CT molecular complexity index is 1170. The topological polar surface area (TPSA) is 171 Å². The fourth-order valence-corrected chi connectivity index (χ4v) is 2.69. The lowest BCUT2D eigenvalue weighted by Gasteiger charge is -2.11. The monoisotopic (exact) mass is 402 g/mol. The number of nitrogens with one attached hydrogen (secondary N) is 3. The lowest BCUT2D eigenvalue weighted by molar-refractivity contribution is -0.112. The molecule has 0 saturated carbocycles. The Morgan fingerprint density at radius 2 is 1.87 bits per heavy atom. The maximum Gasteiger partial charge on any atom is 0.300 e. The second-order valence-corrected chi connectivity index (χ2v) is 6.16. The minimum atomic E-state index is -0.856. The van der Waals surface area contributed by atoms with E-state index in [4.69, 9.17) is 26.7 Å². The van der Waals surface area contributed by atoms with Gasteiger partial charge < -0.3 is 21.2 Å². The van der Waals surface area contributed by atoms with Crippen LogP contribution in [0.15, 0.2) is 70.3 Å². The van der Waals surface area contributed by atoms with Crippen LogP contribution in [0.25, 0.3) is 0 Å². The minimum Gasteiger partial charge on any atom is -0.461 e. The molecule has 0 fully saturated rings. The van der Waals surface area contributed by atoms with Crippen LogP contribution >= 0.6 is 0 Å². The first-order chi connectivity index (χ1) is 14.4. The Morgan fingerprint density at radius 3 is 2.57 bits per heavy atom. The lowest BCUT2D eigenvalue weighted by Crippen LogP contribution is -2.22. The van der Waals surface area contributed by atoms with E-state index in [9.17, 15) is 9.59 Å². The van der Waals surface area contributed by atoms with Gasteiger partial charge in [0, 0.05) is 28.1 Å². The van der Waals surface area contributed by atoms with Crippen LogP contribution in [0.5, 0.6) is 0 Å². The van der Waals surface area contributed by atoms with Gasteiger partial charge in [0.15, 0.2) is 5.76 Å². The van der Waals surface area contributed by atoms with Crippen LogP contribution in [0.2, 0.25) is 0 Å². The molecule has 0 aliphatic carbocycles. The Morgan fingerprint density at radius 1 is 1.07 bits per heavy atom. The first-order valence-corrected chi connectivity index (χ1v) is 8.71. The highest BCUT2D eigenvalue weighted by molar-refractivity contribution is 6.45. The summed E-state index contributed by atoms with van der Waals surface area (Å²) in [7, 11) is 0. The van der Waals surface area contributed by atoms with Crippen LogP contribution in [-0.4, -0.2) is 29.6 Å². The molecule has 30 heavy (non-hydrogen) atoms. The largest absolute Gasteiger partial charge is 0.461 e. The van der Waals surface area contributed by atoms with Gasteiger partial charge in [-0.1, -0.05) is 12.1 Å². The molecule has 2 aromatic carbocycles. The van der Waals surface area contributed by atoms with Crippen molar-refractivity contribution in [3.05, 3.63) is 83.3 Å². The van der Waals surface area contributed by atoms with Crippen molar-refractivity contribution in [3.8, 4) is 0 Å². The summed E-state index contributed by atoms with van der Waals surface area (Å²) in [5.74, 6) is -1.61. The van der Waals surface area contributed by atoms with Crippen molar-refractivity contribution in [1.29, 1.82) is 10.8 Å². The van der Waals surface area contributed by atoms with Crippen molar-refractivity contribution in [2.24, 2.45) is 10.7 Å². The summed E-state index contributed by atoms with van der Waals surface area (Å²) in [5, 5.41) is 18.1. The predicted molar refractivity (Wildman–Crippen MR) is 114 cm³/mol. The van der Waals surface area contributed by atoms with Crippen molar-refractivity contribution in [1.82, 2.24) is 0 Å². The molecule has 1 heterocycles. The number of nitrogens with two attached hydrogens (primary N) is 2. The van der Waals surface area contributed by atoms with Gasteiger partial charge in [0.05, 0.1) is 12.0 Å². The molecule has 0 radical (unpaired) electrons. The van der Waals surface area contributed by atoms with E-state index in [0.29, 0.717) is 28.1 Å². The molecule has 0 aliphatic rings. The second-order valence-electron chi connectivity index (χ2n) is 6.16. The average Bonchev–Trinajstić information content (AvgIpc) is 3.28. The molecule has 0 bridgehead atoms. The molecule has 0 saturated heterocycles. The standard InChI is InChI=1S/C21H18N6O3/c22-11-26-20(25)13-6-7-16(23)15(10-13)18(24)12-3-1-4-14(9-12)27-21(29)19(28)17-5-2-8-30-17/h1-11,24H,23H2,(H,27,29)(H3,22,25,26). The van der Waals surface area contributed by atoms with Crippen LogP contribution in [0, 0.1) is 10.8 Å². The summed E-state index contributed by atoms with van der Waals surface area (Å²) < 4.78 is 4.94. The summed E-state index contributed by atoms with van der Waals surface area (Å²) in [6, 6.07) is 14.2. The number of amides is 1. The highest BCUT2D eigenvalue weighted by Crippen LogP contribution is 2.21. The number of furan rings is 1. The molecule has 3 aromatic rings. The fourth-order valence-electron chi connectivity index (χ4n) is 2.69. The maximum atomic E-state index is 12.2. The van der Waals surface area contributed by atoms with E-state index in [1.54, 1.807) is 42.5 Å². The van der Waals surface area contributed by atoms with Gasteiger partial charge in [0.2, 0.25) is 0 Å². The van der Waals surface area contributed by atoms with Gasteiger partial charge in [-0.2, -0.15) is 0 Å². The summed E-state index contributed by atoms with van der Waals surface area (Å²) >= 11 is 0. The molecule has 0 aliphatic heterocycles. The number of hydrogen-bond acceptors (Lipinski definition) is 6. The van der Waals surface area contributed by atoms with Crippen molar-refractivity contribution >= 4 is 41.0 Å². The summed E-state index contributed by atoms with van der Waals surface area (Å²) in [4.78, 5) is 27.9. The number of ketones is 1. The van der Waals surface area contributed by atoms with E-state index < -0.39 is 11.7 Å². The molecule has 150 valence electrons. The van der Waals surface area contributed by atoms with Gasteiger partial charge in [0.25, 0.3) is 11.7 Å². The van der Waals surface area contributed by atoms with Crippen LogP contribution in [0.3, 0.4) is 0 Å². The Hall–Kier alpha value is -4.53. The Labute approximate surface area is 171 Å². The molecule has 1 amide bonds. The molecule has 1 aromatic heterocycles. The molecular formula is C21H18N6O3. The summed E-state index contributed by atoms with van der Waals surface area (Å²) in [6.07, 6.45) is 2.13. The number of hydrogen-bond donors (Lipinski definition) is 5. The number of nitrogens with zero attached hydrogens (tertiary/aromatic N) is 1. The zero-order chi connectivity index (χ0) is 21.7. The number of benzene rings is 2. The second kappa shape index (κ2) is 8.65. The van der Waals surface area contributed by atoms with Crippen molar-refractivity contribution in [3.63, 3.8) is 0 Å². The summed E-state index contributed by atoms with van der Waals surface area (Å²) in [6.45, 7) is 0. The van der Waals surface area contributed by atoms with E-state index in [-0.39, 0.29) is 17.3 Å². The predicted octanol–water partition coefficient (Wildman–Crippen LogP) is 2.41. The highest BCUT2D eigenvalue weighted by Gasteiger charge is 2.19. The van der Waals surface area contributed by atoms with Gasteiger partial charge in [0.1, 0.15) is 12.2 Å². The maximum absolute atomic E-state index is 12.2. The van der Waals surface area contributed by atoms with Gasteiger partial charge >= 0.3 is 0 Å². The number of carbonyl (C=O) groups is 2. The summed E-state index contributed by atoms with van der Waals surface area (Å²) in [5.41, 5.74) is 14.0. The molecular weight excluding hydrogens is 384 g/mol. The smallest absolute Gasteiger partial charge is 0.300 e. The zero-order valence-corrected chi connectivity index (χ0v) is 15.7. The van der Waals surface area contributed by atoms with Gasteiger partial charge in [-0.15, -0.1) is 0 Å². The molecule has 0 spiro atoms.